The minimum atomic E-state index is -2.03. The van der Waals surface area contributed by atoms with Crippen molar-refractivity contribution in [2.24, 2.45) is 13.0 Å². The van der Waals surface area contributed by atoms with Crippen molar-refractivity contribution in [3.63, 3.8) is 0 Å². The molecule has 1 aromatic heterocycles. The Kier molecular flexibility index (Phi) is 10.4. The topological polar surface area (TPSA) is 85.6 Å². The Hall–Kier alpha value is -2.56. The van der Waals surface area contributed by atoms with Gasteiger partial charge in [0.2, 0.25) is 0 Å². The number of rotatable bonds is 9. The number of halogens is 3. The molecule has 0 spiro atoms. The minimum Gasteiger partial charge on any atom is -0.392 e. The third kappa shape index (κ3) is 7.75. The minimum absolute atomic E-state index is 0.00915. The summed E-state index contributed by atoms with van der Waals surface area (Å²) in [5.74, 6) is 0.0976. The molecule has 0 bridgehead atoms. The fourth-order valence-electron chi connectivity index (χ4n) is 5.01. The maximum atomic E-state index is 12.1. The number of thioether (sulfide) groups is 1. The van der Waals surface area contributed by atoms with Gasteiger partial charge in [-0.15, -0.1) is 0 Å². The summed E-state index contributed by atoms with van der Waals surface area (Å²) < 4.78 is 13.2. The van der Waals surface area contributed by atoms with Gasteiger partial charge in [0, 0.05) is 43.2 Å². The van der Waals surface area contributed by atoms with E-state index in [9.17, 15) is 9.90 Å². The van der Waals surface area contributed by atoms with Crippen LogP contribution in [0.25, 0.3) is 11.1 Å². The first-order chi connectivity index (χ1) is 20.6. The van der Waals surface area contributed by atoms with Crippen LogP contribution in [0.15, 0.2) is 90.3 Å². The molecule has 0 aliphatic carbocycles. The van der Waals surface area contributed by atoms with Crippen molar-refractivity contribution in [1.82, 2.24) is 14.9 Å². The number of hydrogen-bond donors (Lipinski definition) is 2. The van der Waals surface area contributed by atoms with Gasteiger partial charge in [-0.3, -0.25) is 4.79 Å². The molecule has 7 nitrogen and oxygen atoms in total. The van der Waals surface area contributed by atoms with Crippen LogP contribution in [0.5, 0.6) is 0 Å². The van der Waals surface area contributed by atoms with Crippen molar-refractivity contribution in [1.29, 1.82) is 0 Å². The van der Waals surface area contributed by atoms with Gasteiger partial charge in [-0.25, -0.2) is 4.98 Å². The smallest absolute Gasteiger partial charge is 0.272 e. The van der Waals surface area contributed by atoms with Crippen LogP contribution in [-0.2, 0) is 34.5 Å². The SMILES string of the molecule is C[C@H]1[C@@H](CSc2nccn2C)O[C@@H](c2ccc(-c3ccccc3CNC(=O)C(Cl)(Cl)Cl)cc2)O[C@H]1c1ccc(CO)cc1. The molecule has 1 aliphatic rings. The Balaban J connectivity index is 1.37. The molecule has 0 saturated carbocycles. The predicted molar refractivity (Wildman–Crippen MR) is 171 cm³/mol. The van der Waals surface area contributed by atoms with Crippen LogP contribution in [-0.4, -0.2) is 36.2 Å². The van der Waals surface area contributed by atoms with E-state index in [4.69, 9.17) is 44.3 Å². The van der Waals surface area contributed by atoms with Gasteiger partial charge in [-0.1, -0.05) is 126 Å². The van der Waals surface area contributed by atoms with Crippen molar-refractivity contribution >= 4 is 52.5 Å². The second-order valence-electron chi connectivity index (χ2n) is 10.4. The molecule has 3 aromatic carbocycles. The average molecular weight is 661 g/mol. The van der Waals surface area contributed by atoms with E-state index < -0.39 is 16.0 Å². The summed E-state index contributed by atoms with van der Waals surface area (Å²) in [6, 6.07) is 23.7. The fourth-order valence-corrected chi connectivity index (χ4v) is 6.30. The Morgan fingerprint density at radius 1 is 1.02 bits per heavy atom. The molecule has 0 radical (unpaired) electrons. The molecule has 11 heteroatoms. The zero-order valence-corrected chi connectivity index (χ0v) is 26.7. The third-order valence-corrected chi connectivity index (χ3v) is 9.15. The molecule has 1 aliphatic heterocycles. The molecule has 2 heterocycles. The van der Waals surface area contributed by atoms with Crippen LogP contribution >= 0.6 is 46.6 Å². The number of benzene rings is 3. The Morgan fingerprint density at radius 2 is 1.72 bits per heavy atom. The molecule has 43 heavy (non-hydrogen) atoms. The molecule has 1 fully saturated rings. The quantitative estimate of drug-likeness (QED) is 0.147. The van der Waals surface area contributed by atoms with E-state index in [0.717, 1.165) is 38.5 Å². The van der Waals surface area contributed by atoms with Gasteiger partial charge in [0.25, 0.3) is 9.70 Å². The van der Waals surface area contributed by atoms with Crippen molar-refractivity contribution in [3.05, 3.63) is 107 Å². The molecule has 5 rings (SSSR count). The number of alkyl halides is 3. The lowest BCUT2D eigenvalue weighted by Crippen LogP contribution is -2.38. The van der Waals surface area contributed by atoms with Gasteiger partial charge in [0.05, 0.1) is 18.8 Å². The number of aliphatic hydroxyl groups is 1. The summed E-state index contributed by atoms with van der Waals surface area (Å²) in [4.78, 5) is 16.5. The average Bonchev–Trinajstić information content (AvgIpc) is 3.43. The lowest BCUT2D eigenvalue weighted by atomic mass is 9.91. The second-order valence-corrected chi connectivity index (χ2v) is 13.7. The van der Waals surface area contributed by atoms with Crippen LogP contribution in [0.4, 0.5) is 0 Å². The van der Waals surface area contributed by atoms with Crippen LogP contribution < -0.4 is 5.32 Å². The van der Waals surface area contributed by atoms with Gasteiger partial charge in [0.1, 0.15) is 0 Å². The van der Waals surface area contributed by atoms with E-state index in [1.54, 1.807) is 18.0 Å². The largest absolute Gasteiger partial charge is 0.392 e. The summed E-state index contributed by atoms with van der Waals surface area (Å²) in [6.45, 7) is 2.35. The molecular weight excluding hydrogens is 629 g/mol. The molecule has 2 N–H and O–H groups in total. The second kappa shape index (κ2) is 14.0. The first-order valence-electron chi connectivity index (χ1n) is 13.8. The summed E-state index contributed by atoms with van der Waals surface area (Å²) >= 11 is 18.8. The number of ether oxygens (including phenoxy) is 2. The number of amides is 1. The molecule has 4 atom stereocenters. The van der Waals surface area contributed by atoms with Gasteiger partial charge >= 0.3 is 0 Å². The van der Waals surface area contributed by atoms with Crippen LogP contribution in [0.1, 0.15) is 41.6 Å². The molecule has 1 saturated heterocycles. The summed E-state index contributed by atoms with van der Waals surface area (Å²) in [6.07, 6.45) is 2.82. The van der Waals surface area contributed by atoms with E-state index in [-0.39, 0.29) is 31.3 Å². The fraction of sp³-hybridized carbons (Fsp3) is 0.312. The highest BCUT2D eigenvalue weighted by Crippen LogP contribution is 2.43. The maximum absolute atomic E-state index is 12.1. The van der Waals surface area contributed by atoms with E-state index in [1.807, 2.05) is 90.6 Å². The Bertz CT molecular complexity index is 1530. The van der Waals surface area contributed by atoms with Crippen molar-refractivity contribution in [3.8, 4) is 11.1 Å². The first kappa shape index (κ1) is 31.9. The van der Waals surface area contributed by atoms with E-state index >= 15 is 0 Å². The maximum Gasteiger partial charge on any atom is 0.272 e. The zero-order valence-electron chi connectivity index (χ0n) is 23.6. The van der Waals surface area contributed by atoms with Crippen molar-refractivity contribution in [2.45, 2.75) is 47.5 Å². The molecule has 0 unspecified atom stereocenters. The van der Waals surface area contributed by atoms with Crippen LogP contribution in [0.2, 0.25) is 0 Å². The predicted octanol–water partition coefficient (Wildman–Crippen LogP) is 7.15. The summed E-state index contributed by atoms with van der Waals surface area (Å²) in [5.41, 5.74) is 5.57. The standard InChI is InChI=1S/C32H32Cl3N3O4S/c1-20-27(19-43-31-36-15-16-38(31)2)41-29(42-28(20)23-9-7-21(18-39)8-10-23)24-13-11-22(12-14-24)26-6-4-3-5-25(26)17-37-30(40)32(33,34)35/h3-16,20,27-29,39H,17-19H2,1-2H3,(H,37,40)/t20-,27+,28+,29+/m0/s1. The number of aryl methyl sites for hydroxylation is 1. The Labute approximate surface area is 270 Å². The van der Waals surface area contributed by atoms with Gasteiger partial charge in [-0.05, 0) is 27.8 Å². The van der Waals surface area contributed by atoms with Crippen LogP contribution in [0, 0.1) is 5.92 Å². The highest BCUT2D eigenvalue weighted by atomic mass is 35.6. The molecule has 226 valence electrons. The van der Waals surface area contributed by atoms with Crippen molar-refractivity contribution in [2.75, 3.05) is 5.75 Å². The van der Waals surface area contributed by atoms with E-state index in [2.05, 4.69) is 17.2 Å². The van der Waals surface area contributed by atoms with Gasteiger partial charge in [0.15, 0.2) is 11.4 Å². The lowest BCUT2D eigenvalue weighted by molar-refractivity contribution is -0.268. The first-order valence-corrected chi connectivity index (χ1v) is 15.9. The van der Waals surface area contributed by atoms with E-state index in [0.29, 0.717) is 5.75 Å². The lowest BCUT2D eigenvalue weighted by Gasteiger charge is -2.41. The Morgan fingerprint density at radius 3 is 2.37 bits per heavy atom. The molecule has 1 amide bonds. The third-order valence-electron chi connectivity index (χ3n) is 7.49. The zero-order chi connectivity index (χ0) is 30.6. The van der Waals surface area contributed by atoms with Gasteiger partial charge < -0.3 is 24.5 Å². The normalized spacial score (nSPS) is 20.6. The monoisotopic (exact) mass is 659 g/mol. The van der Waals surface area contributed by atoms with Crippen LogP contribution in [0.3, 0.4) is 0 Å². The number of carbonyl (C=O) groups is 1. The summed E-state index contributed by atoms with van der Waals surface area (Å²) in [7, 11) is 1.98. The number of nitrogens with one attached hydrogen (secondary N) is 1. The number of hydrogen-bond acceptors (Lipinski definition) is 6. The highest BCUT2D eigenvalue weighted by molar-refractivity contribution is 7.99. The number of nitrogens with zero attached hydrogens (tertiary/aromatic N) is 2. The van der Waals surface area contributed by atoms with E-state index in [1.165, 1.54) is 0 Å². The number of aromatic nitrogens is 2. The van der Waals surface area contributed by atoms with Crippen molar-refractivity contribution < 1.29 is 19.4 Å². The molecule has 4 aromatic rings. The number of carbonyl (C=O) groups excluding carboxylic acids is 1. The highest BCUT2D eigenvalue weighted by Gasteiger charge is 2.38. The number of imidazole rings is 1. The summed E-state index contributed by atoms with van der Waals surface area (Å²) in [5, 5.41) is 13.1. The number of aliphatic hydroxyl groups excluding tert-OH is 1. The molecular formula is C32H32Cl3N3O4S. The van der Waals surface area contributed by atoms with Gasteiger partial charge in [-0.2, -0.15) is 0 Å².